The molecule has 0 aliphatic heterocycles. The first-order chi connectivity index (χ1) is 11.6. The third kappa shape index (κ3) is 2.75. The molecule has 0 spiro atoms. The summed E-state index contributed by atoms with van der Waals surface area (Å²) in [6.07, 6.45) is 1.02. The van der Waals surface area contributed by atoms with Crippen LogP contribution in [0.15, 0.2) is 41.5 Å². The second-order valence-electron chi connectivity index (χ2n) is 6.26. The molecule has 0 heterocycles. The maximum atomic E-state index is 12.5. The Hall–Kier alpha value is -2.43. The summed E-state index contributed by atoms with van der Waals surface area (Å²) in [5, 5.41) is 0. The van der Waals surface area contributed by atoms with E-state index in [0.717, 1.165) is 11.1 Å². The highest BCUT2D eigenvalue weighted by atomic mass is 16.5. The standard InChI is InChI=1S/C19H20O5/c1-23-18(21)15-8-13-12(11-6-4-3-5-7-11)10-17(20)14(13)9-16(15)19(22)24-2/h3-7,12,15-16H,8-10H2,1-2H3/t12-,15+,16+/m1/s1. The number of carbonyl (C=O) groups excluding carboxylic acids is 3. The number of allylic oxidation sites excluding steroid dienone is 2. The second-order valence-corrected chi connectivity index (χ2v) is 6.26. The van der Waals surface area contributed by atoms with Gasteiger partial charge in [0, 0.05) is 12.3 Å². The maximum Gasteiger partial charge on any atom is 0.309 e. The van der Waals surface area contributed by atoms with E-state index in [1.807, 2.05) is 30.3 Å². The van der Waals surface area contributed by atoms with E-state index in [1.54, 1.807) is 0 Å². The third-order valence-electron chi connectivity index (χ3n) is 5.09. The van der Waals surface area contributed by atoms with Crippen LogP contribution in [0, 0.1) is 11.8 Å². The van der Waals surface area contributed by atoms with Gasteiger partial charge in [0.15, 0.2) is 5.78 Å². The molecule has 126 valence electrons. The van der Waals surface area contributed by atoms with Crippen LogP contribution in [0.3, 0.4) is 0 Å². The van der Waals surface area contributed by atoms with Crippen LogP contribution in [0.25, 0.3) is 0 Å². The smallest absolute Gasteiger partial charge is 0.309 e. The average Bonchev–Trinajstić information content (AvgIpc) is 2.96. The molecule has 24 heavy (non-hydrogen) atoms. The maximum absolute atomic E-state index is 12.5. The topological polar surface area (TPSA) is 69.7 Å². The largest absolute Gasteiger partial charge is 0.469 e. The molecule has 1 aromatic rings. The van der Waals surface area contributed by atoms with Crippen molar-refractivity contribution in [3.05, 3.63) is 47.0 Å². The van der Waals surface area contributed by atoms with Crippen LogP contribution in [-0.4, -0.2) is 31.9 Å². The Balaban J connectivity index is 1.98. The Labute approximate surface area is 140 Å². The first-order valence-electron chi connectivity index (χ1n) is 8.02. The number of ether oxygens (including phenoxy) is 2. The Bertz CT molecular complexity index is 704. The van der Waals surface area contributed by atoms with Crippen LogP contribution in [0.2, 0.25) is 0 Å². The van der Waals surface area contributed by atoms with Gasteiger partial charge < -0.3 is 9.47 Å². The third-order valence-corrected chi connectivity index (χ3v) is 5.09. The van der Waals surface area contributed by atoms with Gasteiger partial charge in [-0.05, 0) is 24.0 Å². The van der Waals surface area contributed by atoms with Crippen molar-refractivity contribution in [3.63, 3.8) is 0 Å². The number of hydrogen-bond acceptors (Lipinski definition) is 5. The van der Waals surface area contributed by atoms with Crippen LogP contribution < -0.4 is 0 Å². The minimum Gasteiger partial charge on any atom is -0.469 e. The Morgan fingerprint density at radius 3 is 2.08 bits per heavy atom. The molecule has 3 rings (SSSR count). The number of benzene rings is 1. The Morgan fingerprint density at radius 2 is 1.50 bits per heavy atom. The molecular formula is C19H20O5. The first-order valence-corrected chi connectivity index (χ1v) is 8.02. The van der Waals surface area contributed by atoms with E-state index in [1.165, 1.54) is 14.2 Å². The lowest BCUT2D eigenvalue weighted by atomic mass is 9.74. The van der Waals surface area contributed by atoms with Crippen LogP contribution in [0.5, 0.6) is 0 Å². The molecule has 0 fully saturated rings. The highest BCUT2D eigenvalue weighted by molar-refractivity contribution is 6.01. The lowest BCUT2D eigenvalue weighted by molar-refractivity contribution is -0.158. The van der Waals surface area contributed by atoms with Gasteiger partial charge in [-0.15, -0.1) is 0 Å². The van der Waals surface area contributed by atoms with E-state index in [2.05, 4.69) is 0 Å². The number of carbonyl (C=O) groups is 3. The van der Waals surface area contributed by atoms with E-state index in [4.69, 9.17) is 9.47 Å². The predicted octanol–water partition coefficient (Wildman–Crippen LogP) is 2.41. The summed E-state index contributed by atoms with van der Waals surface area (Å²) in [7, 11) is 2.61. The van der Waals surface area contributed by atoms with Gasteiger partial charge in [-0.1, -0.05) is 35.9 Å². The number of Topliss-reactive ketones (excluding diaryl/α,β-unsaturated/α-hetero) is 1. The van der Waals surface area contributed by atoms with Crippen LogP contribution in [0.4, 0.5) is 0 Å². The minimum atomic E-state index is -0.653. The van der Waals surface area contributed by atoms with E-state index >= 15 is 0 Å². The zero-order chi connectivity index (χ0) is 17.3. The van der Waals surface area contributed by atoms with Gasteiger partial charge in [0.2, 0.25) is 0 Å². The van der Waals surface area contributed by atoms with Gasteiger partial charge in [0.25, 0.3) is 0 Å². The number of methoxy groups -OCH3 is 2. The molecule has 0 unspecified atom stereocenters. The summed E-state index contributed by atoms with van der Waals surface area (Å²) in [5.41, 5.74) is 2.73. The number of rotatable bonds is 3. The van der Waals surface area contributed by atoms with E-state index in [-0.39, 0.29) is 18.1 Å². The van der Waals surface area contributed by atoms with Gasteiger partial charge in [-0.3, -0.25) is 14.4 Å². The molecule has 0 N–H and O–H groups in total. The fourth-order valence-electron chi connectivity index (χ4n) is 3.88. The summed E-state index contributed by atoms with van der Waals surface area (Å²) in [4.78, 5) is 36.7. The summed E-state index contributed by atoms with van der Waals surface area (Å²) in [5.74, 6) is -2.09. The highest BCUT2D eigenvalue weighted by Crippen LogP contribution is 2.48. The molecule has 0 amide bonds. The van der Waals surface area contributed by atoms with Gasteiger partial charge >= 0.3 is 11.9 Å². The zero-order valence-electron chi connectivity index (χ0n) is 13.8. The number of ketones is 1. The second kappa shape index (κ2) is 6.59. The molecule has 0 saturated carbocycles. The lowest BCUT2D eigenvalue weighted by Crippen LogP contribution is -2.35. The summed E-state index contributed by atoms with van der Waals surface area (Å²) in [6, 6.07) is 9.80. The molecule has 0 aromatic heterocycles. The van der Waals surface area contributed by atoms with Crippen LogP contribution in [0.1, 0.15) is 30.7 Å². The number of esters is 2. The van der Waals surface area contributed by atoms with Crippen molar-refractivity contribution in [3.8, 4) is 0 Å². The average molecular weight is 328 g/mol. The van der Waals surface area contributed by atoms with Crippen LogP contribution in [-0.2, 0) is 23.9 Å². The first kappa shape index (κ1) is 16.4. The van der Waals surface area contributed by atoms with Crippen molar-refractivity contribution >= 4 is 17.7 Å². The predicted molar refractivity (Wildman–Crippen MR) is 86.1 cm³/mol. The molecule has 5 nitrogen and oxygen atoms in total. The van der Waals surface area contributed by atoms with Crippen molar-refractivity contribution in [2.24, 2.45) is 11.8 Å². The minimum absolute atomic E-state index is 0.0144. The van der Waals surface area contributed by atoms with Crippen molar-refractivity contribution in [2.75, 3.05) is 14.2 Å². The fraction of sp³-hybridized carbons (Fsp3) is 0.421. The van der Waals surface area contributed by atoms with Gasteiger partial charge in [-0.25, -0.2) is 0 Å². The summed E-state index contributed by atoms with van der Waals surface area (Å²) < 4.78 is 9.71. The van der Waals surface area contributed by atoms with Crippen LogP contribution >= 0.6 is 0 Å². The van der Waals surface area contributed by atoms with E-state index in [0.29, 0.717) is 18.4 Å². The Morgan fingerprint density at radius 1 is 0.917 bits per heavy atom. The van der Waals surface area contributed by atoms with E-state index < -0.39 is 23.8 Å². The monoisotopic (exact) mass is 328 g/mol. The van der Waals surface area contributed by atoms with E-state index in [9.17, 15) is 14.4 Å². The van der Waals surface area contributed by atoms with Gasteiger partial charge in [0.05, 0.1) is 26.1 Å². The molecular weight excluding hydrogens is 308 g/mol. The normalized spacial score (nSPS) is 26.1. The molecule has 0 bridgehead atoms. The van der Waals surface area contributed by atoms with Gasteiger partial charge in [0.1, 0.15) is 0 Å². The molecule has 3 atom stereocenters. The quantitative estimate of drug-likeness (QED) is 0.797. The van der Waals surface area contributed by atoms with Crippen molar-refractivity contribution < 1.29 is 23.9 Å². The molecule has 5 heteroatoms. The summed E-state index contributed by atoms with van der Waals surface area (Å²) in [6.45, 7) is 0. The summed E-state index contributed by atoms with van der Waals surface area (Å²) >= 11 is 0. The molecule has 2 aliphatic rings. The molecule has 1 aromatic carbocycles. The SMILES string of the molecule is COC(=O)[C@H]1CC2=C(C[C@@H]1C(=O)OC)[C@@H](c1ccccc1)CC2=O. The highest BCUT2D eigenvalue weighted by Gasteiger charge is 2.46. The molecule has 0 radical (unpaired) electrons. The number of hydrogen-bond donors (Lipinski definition) is 0. The molecule has 2 aliphatic carbocycles. The van der Waals surface area contributed by atoms with Crippen molar-refractivity contribution in [1.82, 2.24) is 0 Å². The van der Waals surface area contributed by atoms with Gasteiger partial charge in [-0.2, -0.15) is 0 Å². The molecule has 0 saturated heterocycles. The zero-order valence-corrected chi connectivity index (χ0v) is 13.8. The Kier molecular flexibility index (Phi) is 4.51. The fourth-order valence-corrected chi connectivity index (χ4v) is 3.88. The van der Waals surface area contributed by atoms with Crippen molar-refractivity contribution in [1.29, 1.82) is 0 Å². The lowest BCUT2D eigenvalue weighted by Gasteiger charge is -2.30. The van der Waals surface area contributed by atoms with Crippen molar-refractivity contribution in [2.45, 2.75) is 25.2 Å².